The molecule has 29 heavy (non-hydrogen) atoms. The lowest BCUT2D eigenvalue weighted by Gasteiger charge is -2.36. The number of hydrogen-bond donors (Lipinski definition) is 1. The van der Waals surface area contributed by atoms with Crippen molar-refractivity contribution in [3.05, 3.63) is 48.4 Å². The maximum Gasteiger partial charge on any atom is 0.194 e. The molecule has 2 heterocycles. The first kappa shape index (κ1) is 22.4. The molecule has 1 aromatic carbocycles. The fraction of sp³-hybridized carbons (Fsp3) is 0.524. The summed E-state index contributed by atoms with van der Waals surface area (Å²) in [5.41, 5.74) is 1.00. The van der Waals surface area contributed by atoms with Gasteiger partial charge in [-0.25, -0.2) is 0 Å². The second-order valence-corrected chi connectivity index (χ2v) is 9.06. The number of hydrogen-bond acceptors (Lipinski definition) is 5. The normalized spacial score (nSPS) is 18.9. The number of nitrogens with zero attached hydrogens (tertiary/aromatic N) is 4. The van der Waals surface area contributed by atoms with E-state index in [0.29, 0.717) is 0 Å². The van der Waals surface area contributed by atoms with Crippen molar-refractivity contribution >= 4 is 41.7 Å². The quantitative estimate of drug-likeness (QED) is 0.337. The first-order valence-electron chi connectivity index (χ1n) is 10.2. The third-order valence-corrected chi connectivity index (χ3v) is 6.76. The van der Waals surface area contributed by atoms with Crippen LogP contribution < -0.4 is 5.32 Å². The Morgan fingerprint density at radius 3 is 2.55 bits per heavy atom. The van der Waals surface area contributed by atoms with Crippen molar-refractivity contribution in [2.45, 2.75) is 36.0 Å². The van der Waals surface area contributed by atoms with Crippen LogP contribution in [-0.4, -0.2) is 64.9 Å². The average molecular weight is 527 g/mol. The Bertz CT molecular complexity index is 759. The van der Waals surface area contributed by atoms with E-state index in [1.807, 2.05) is 17.8 Å². The van der Waals surface area contributed by atoms with Gasteiger partial charge in [-0.1, -0.05) is 23.4 Å². The van der Waals surface area contributed by atoms with Crippen molar-refractivity contribution in [2.75, 3.05) is 39.3 Å². The fourth-order valence-corrected chi connectivity index (χ4v) is 4.71. The summed E-state index contributed by atoms with van der Waals surface area (Å²) >= 11 is 1.99. The number of aromatic nitrogens is 1. The molecule has 158 valence electrons. The van der Waals surface area contributed by atoms with E-state index in [2.05, 4.69) is 57.5 Å². The molecular formula is C21H30IN5OS. The Labute approximate surface area is 194 Å². The first-order valence-corrected chi connectivity index (χ1v) is 11.0. The van der Waals surface area contributed by atoms with E-state index in [-0.39, 0.29) is 28.7 Å². The van der Waals surface area contributed by atoms with E-state index in [4.69, 9.17) is 9.52 Å². The van der Waals surface area contributed by atoms with Gasteiger partial charge in [-0.15, -0.1) is 35.7 Å². The summed E-state index contributed by atoms with van der Waals surface area (Å²) in [7, 11) is 0. The number of piperazine rings is 1. The van der Waals surface area contributed by atoms with Gasteiger partial charge >= 0.3 is 0 Å². The van der Waals surface area contributed by atoms with Gasteiger partial charge in [-0.05, 0) is 31.9 Å². The zero-order valence-electron chi connectivity index (χ0n) is 16.9. The van der Waals surface area contributed by atoms with Gasteiger partial charge in [0.2, 0.25) is 0 Å². The van der Waals surface area contributed by atoms with Crippen LogP contribution in [0, 0.1) is 0 Å². The van der Waals surface area contributed by atoms with Gasteiger partial charge < -0.3 is 14.7 Å². The first-order chi connectivity index (χ1) is 13.8. The van der Waals surface area contributed by atoms with Crippen molar-refractivity contribution in [1.29, 1.82) is 0 Å². The SMILES string of the molecule is CCNC(=NCC1(Sc2ccccc2)CC1)N1CCN(Cc2ccon2)CC1.I. The highest BCUT2D eigenvalue weighted by atomic mass is 127. The van der Waals surface area contributed by atoms with E-state index in [0.717, 1.165) is 57.5 Å². The van der Waals surface area contributed by atoms with Gasteiger partial charge in [0.25, 0.3) is 0 Å². The molecule has 1 N–H and O–H groups in total. The number of halogens is 1. The summed E-state index contributed by atoms with van der Waals surface area (Å²) in [6.45, 7) is 8.79. The molecule has 1 aliphatic heterocycles. The number of rotatable bonds is 7. The molecule has 8 heteroatoms. The Hall–Kier alpha value is -1.26. The van der Waals surface area contributed by atoms with E-state index in [1.54, 1.807) is 6.26 Å². The van der Waals surface area contributed by atoms with Crippen molar-refractivity contribution in [2.24, 2.45) is 4.99 Å². The van der Waals surface area contributed by atoms with E-state index < -0.39 is 0 Å². The van der Waals surface area contributed by atoms with Gasteiger partial charge in [0.1, 0.15) is 6.26 Å². The van der Waals surface area contributed by atoms with Gasteiger partial charge in [0.15, 0.2) is 5.96 Å². The molecule has 0 amide bonds. The lowest BCUT2D eigenvalue weighted by Crippen LogP contribution is -2.52. The van der Waals surface area contributed by atoms with E-state index >= 15 is 0 Å². The van der Waals surface area contributed by atoms with Crippen LogP contribution >= 0.6 is 35.7 Å². The molecule has 1 aromatic heterocycles. The van der Waals surface area contributed by atoms with Crippen LogP contribution in [0.15, 0.2) is 57.1 Å². The van der Waals surface area contributed by atoms with Crippen LogP contribution in [0.3, 0.4) is 0 Å². The summed E-state index contributed by atoms with van der Waals surface area (Å²) in [5, 5.41) is 7.52. The van der Waals surface area contributed by atoms with Gasteiger partial charge in [-0.2, -0.15) is 0 Å². The summed E-state index contributed by atoms with van der Waals surface area (Å²) in [5.74, 6) is 1.06. The Balaban J connectivity index is 0.00000240. The molecule has 2 fully saturated rings. The summed E-state index contributed by atoms with van der Waals surface area (Å²) in [4.78, 5) is 11.2. The minimum absolute atomic E-state index is 0. The number of nitrogens with one attached hydrogen (secondary N) is 1. The van der Waals surface area contributed by atoms with Gasteiger partial charge in [0, 0.05) is 55.0 Å². The maximum atomic E-state index is 5.03. The molecule has 1 saturated heterocycles. The minimum Gasteiger partial charge on any atom is -0.364 e. The van der Waals surface area contributed by atoms with E-state index in [9.17, 15) is 0 Å². The van der Waals surface area contributed by atoms with Crippen molar-refractivity contribution in [3.63, 3.8) is 0 Å². The maximum absolute atomic E-state index is 5.03. The molecule has 0 unspecified atom stereocenters. The average Bonchev–Trinajstić information content (AvgIpc) is 3.29. The largest absolute Gasteiger partial charge is 0.364 e. The van der Waals surface area contributed by atoms with Crippen molar-refractivity contribution < 1.29 is 4.52 Å². The van der Waals surface area contributed by atoms with E-state index in [1.165, 1.54) is 17.7 Å². The topological polar surface area (TPSA) is 56.9 Å². The van der Waals surface area contributed by atoms with Crippen LogP contribution in [0.1, 0.15) is 25.5 Å². The number of thioether (sulfide) groups is 1. The molecule has 2 aromatic rings. The molecule has 0 atom stereocenters. The summed E-state index contributed by atoms with van der Waals surface area (Å²) in [6, 6.07) is 12.7. The number of benzene rings is 1. The molecule has 0 radical (unpaired) electrons. The molecule has 4 rings (SSSR count). The number of guanidine groups is 1. The minimum atomic E-state index is 0. The van der Waals surface area contributed by atoms with Crippen molar-refractivity contribution in [3.8, 4) is 0 Å². The fourth-order valence-electron chi connectivity index (χ4n) is 3.48. The zero-order chi connectivity index (χ0) is 19.2. The summed E-state index contributed by atoms with van der Waals surface area (Å²) < 4.78 is 5.23. The van der Waals surface area contributed by atoms with Crippen LogP contribution in [0.4, 0.5) is 0 Å². The highest BCUT2D eigenvalue weighted by Gasteiger charge is 2.43. The third kappa shape index (κ3) is 6.36. The second-order valence-electron chi connectivity index (χ2n) is 7.52. The molecule has 2 aliphatic rings. The lowest BCUT2D eigenvalue weighted by atomic mass is 10.3. The highest BCUT2D eigenvalue weighted by Crippen LogP contribution is 2.51. The van der Waals surface area contributed by atoms with Crippen molar-refractivity contribution in [1.82, 2.24) is 20.3 Å². The van der Waals surface area contributed by atoms with Crippen LogP contribution in [0.5, 0.6) is 0 Å². The molecule has 0 spiro atoms. The van der Waals surface area contributed by atoms with Crippen LogP contribution in [0.25, 0.3) is 0 Å². The lowest BCUT2D eigenvalue weighted by molar-refractivity contribution is 0.169. The second kappa shape index (κ2) is 10.7. The van der Waals surface area contributed by atoms with Crippen LogP contribution in [-0.2, 0) is 6.54 Å². The van der Waals surface area contributed by atoms with Gasteiger partial charge in [0.05, 0.1) is 12.2 Å². The third-order valence-electron chi connectivity index (χ3n) is 5.29. The molecule has 0 bridgehead atoms. The predicted octanol–water partition coefficient (Wildman–Crippen LogP) is 3.70. The smallest absolute Gasteiger partial charge is 0.194 e. The Kier molecular flexibility index (Phi) is 8.25. The molecule has 6 nitrogen and oxygen atoms in total. The predicted molar refractivity (Wildman–Crippen MR) is 129 cm³/mol. The Morgan fingerprint density at radius 2 is 1.93 bits per heavy atom. The molecule has 1 saturated carbocycles. The van der Waals surface area contributed by atoms with Gasteiger partial charge in [-0.3, -0.25) is 9.89 Å². The monoisotopic (exact) mass is 527 g/mol. The molecule has 1 aliphatic carbocycles. The highest BCUT2D eigenvalue weighted by molar-refractivity contribution is 14.0. The molecular weight excluding hydrogens is 497 g/mol. The summed E-state index contributed by atoms with van der Waals surface area (Å²) in [6.07, 6.45) is 4.14. The zero-order valence-corrected chi connectivity index (χ0v) is 20.1. The number of aliphatic imine (C=N–C) groups is 1. The van der Waals surface area contributed by atoms with Crippen LogP contribution in [0.2, 0.25) is 0 Å². The standard InChI is InChI=1S/C21H29N5OS.HI/c1-2-22-20(23-17-21(9-10-21)28-19-6-4-3-5-7-19)26-13-11-25(12-14-26)16-18-8-15-27-24-18;/h3-8,15H,2,9-14,16-17H2,1H3,(H,22,23);1H. The Morgan fingerprint density at radius 1 is 1.17 bits per heavy atom.